The molecule has 0 bridgehead atoms. The van der Waals surface area contributed by atoms with E-state index in [9.17, 15) is 0 Å². The molecule has 2 heterocycles. The maximum absolute atomic E-state index is 4.35. The predicted molar refractivity (Wildman–Crippen MR) is 53.2 cm³/mol. The number of pyridine rings is 1. The molecule has 0 atom stereocenters. The SMILES string of the molecule is C(=Nc1ccncc1)N1CCCC1. The highest BCUT2D eigenvalue weighted by atomic mass is 15.2. The minimum Gasteiger partial charge on any atom is -0.363 e. The Morgan fingerprint density at radius 2 is 1.92 bits per heavy atom. The van der Waals surface area contributed by atoms with Crippen molar-refractivity contribution in [1.82, 2.24) is 9.88 Å². The van der Waals surface area contributed by atoms with E-state index >= 15 is 0 Å². The van der Waals surface area contributed by atoms with E-state index in [1.165, 1.54) is 12.8 Å². The molecular formula is C10H13N3. The van der Waals surface area contributed by atoms with Crippen LogP contribution in [0.25, 0.3) is 0 Å². The molecule has 1 fully saturated rings. The van der Waals surface area contributed by atoms with E-state index in [4.69, 9.17) is 0 Å². The number of likely N-dealkylation sites (tertiary alicyclic amines) is 1. The van der Waals surface area contributed by atoms with Gasteiger partial charge in [0.2, 0.25) is 0 Å². The van der Waals surface area contributed by atoms with E-state index in [2.05, 4.69) is 14.9 Å². The van der Waals surface area contributed by atoms with Crippen LogP contribution in [0, 0.1) is 0 Å². The standard InChI is InChI=1S/C10H13N3/c1-2-8-13(7-1)9-12-10-3-5-11-6-4-10/h3-6,9H,1-2,7-8H2. The van der Waals surface area contributed by atoms with Gasteiger partial charge in [-0.2, -0.15) is 0 Å². The van der Waals surface area contributed by atoms with Crippen LogP contribution in [0.2, 0.25) is 0 Å². The average Bonchev–Trinajstić information content (AvgIpc) is 2.69. The Morgan fingerprint density at radius 3 is 2.62 bits per heavy atom. The smallest absolute Gasteiger partial charge is 0.0912 e. The first kappa shape index (κ1) is 8.23. The molecule has 3 heteroatoms. The molecule has 1 aliphatic heterocycles. The summed E-state index contributed by atoms with van der Waals surface area (Å²) in [7, 11) is 0. The first-order valence-corrected chi connectivity index (χ1v) is 4.63. The van der Waals surface area contributed by atoms with Crippen LogP contribution in [-0.4, -0.2) is 29.3 Å². The van der Waals surface area contributed by atoms with Gasteiger partial charge in [-0.1, -0.05) is 0 Å². The van der Waals surface area contributed by atoms with Crippen molar-refractivity contribution >= 4 is 12.0 Å². The fraction of sp³-hybridized carbons (Fsp3) is 0.400. The Balaban J connectivity index is 1.97. The van der Waals surface area contributed by atoms with E-state index in [1.54, 1.807) is 12.4 Å². The van der Waals surface area contributed by atoms with Gasteiger partial charge in [-0.3, -0.25) is 4.98 Å². The Kier molecular flexibility index (Phi) is 2.55. The van der Waals surface area contributed by atoms with Gasteiger partial charge in [-0.25, -0.2) is 4.99 Å². The quantitative estimate of drug-likeness (QED) is 0.507. The Bertz CT molecular complexity index is 275. The van der Waals surface area contributed by atoms with Gasteiger partial charge in [0.05, 0.1) is 12.0 Å². The van der Waals surface area contributed by atoms with Crippen molar-refractivity contribution in [2.24, 2.45) is 4.99 Å². The summed E-state index contributed by atoms with van der Waals surface area (Å²) < 4.78 is 0. The molecule has 2 rings (SSSR count). The maximum Gasteiger partial charge on any atom is 0.0912 e. The maximum atomic E-state index is 4.35. The molecule has 3 nitrogen and oxygen atoms in total. The lowest BCUT2D eigenvalue weighted by atomic mass is 10.4. The molecule has 0 aromatic carbocycles. The highest BCUT2D eigenvalue weighted by Crippen LogP contribution is 2.09. The molecule has 68 valence electrons. The van der Waals surface area contributed by atoms with E-state index in [1.807, 2.05) is 18.5 Å². The van der Waals surface area contributed by atoms with Crippen molar-refractivity contribution in [2.45, 2.75) is 12.8 Å². The van der Waals surface area contributed by atoms with Crippen molar-refractivity contribution in [3.63, 3.8) is 0 Å². The molecule has 0 aliphatic carbocycles. The second-order valence-electron chi connectivity index (χ2n) is 3.19. The summed E-state index contributed by atoms with van der Waals surface area (Å²) in [4.78, 5) is 10.5. The summed E-state index contributed by atoms with van der Waals surface area (Å²) in [6.45, 7) is 2.29. The molecule has 1 aromatic rings. The van der Waals surface area contributed by atoms with Crippen LogP contribution < -0.4 is 0 Å². The van der Waals surface area contributed by atoms with Crippen LogP contribution in [0.5, 0.6) is 0 Å². The molecule has 0 unspecified atom stereocenters. The Hall–Kier alpha value is -1.38. The zero-order chi connectivity index (χ0) is 8.93. The summed E-state index contributed by atoms with van der Waals surface area (Å²) in [5.41, 5.74) is 0.974. The van der Waals surface area contributed by atoms with Crippen molar-refractivity contribution in [2.75, 3.05) is 13.1 Å². The number of nitrogens with zero attached hydrogens (tertiary/aromatic N) is 3. The van der Waals surface area contributed by atoms with Crippen molar-refractivity contribution in [1.29, 1.82) is 0 Å². The van der Waals surface area contributed by atoms with Gasteiger partial charge >= 0.3 is 0 Å². The highest BCUT2D eigenvalue weighted by Gasteiger charge is 2.06. The lowest BCUT2D eigenvalue weighted by Gasteiger charge is -2.08. The molecule has 1 aromatic heterocycles. The third-order valence-electron chi connectivity index (χ3n) is 2.17. The largest absolute Gasteiger partial charge is 0.363 e. The predicted octanol–water partition coefficient (Wildman–Crippen LogP) is 1.84. The second-order valence-corrected chi connectivity index (χ2v) is 3.19. The van der Waals surface area contributed by atoms with Gasteiger partial charge < -0.3 is 4.90 Å². The molecule has 1 saturated heterocycles. The van der Waals surface area contributed by atoms with Crippen LogP contribution in [0.15, 0.2) is 29.5 Å². The molecule has 1 aliphatic rings. The average molecular weight is 175 g/mol. The molecule has 0 saturated carbocycles. The number of hydrogen-bond donors (Lipinski definition) is 0. The van der Waals surface area contributed by atoms with Gasteiger partial charge in [0.25, 0.3) is 0 Å². The minimum atomic E-state index is 0.974. The number of aliphatic imine (C=N–C) groups is 1. The summed E-state index contributed by atoms with van der Waals surface area (Å²) in [5, 5.41) is 0. The van der Waals surface area contributed by atoms with E-state index in [-0.39, 0.29) is 0 Å². The third kappa shape index (κ3) is 2.28. The molecule has 0 N–H and O–H groups in total. The minimum absolute atomic E-state index is 0.974. The first-order chi connectivity index (χ1) is 6.45. The zero-order valence-electron chi connectivity index (χ0n) is 7.56. The van der Waals surface area contributed by atoms with Crippen LogP contribution in [0.3, 0.4) is 0 Å². The van der Waals surface area contributed by atoms with E-state index < -0.39 is 0 Å². The number of aromatic nitrogens is 1. The van der Waals surface area contributed by atoms with Crippen LogP contribution in [-0.2, 0) is 0 Å². The topological polar surface area (TPSA) is 28.5 Å². The second kappa shape index (κ2) is 4.03. The van der Waals surface area contributed by atoms with Gasteiger partial charge in [-0.15, -0.1) is 0 Å². The fourth-order valence-electron chi connectivity index (χ4n) is 1.44. The third-order valence-corrected chi connectivity index (χ3v) is 2.17. The van der Waals surface area contributed by atoms with Crippen molar-refractivity contribution in [3.8, 4) is 0 Å². The van der Waals surface area contributed by atoms with Gasteiger partial charge in [-0.05, 0) is 25.0 Å². The first-order valence-electron chi connectivity index (χ1n) is 4.63. The number of hydrogen-bond acceptors (Lipinski definition) is 2. The van der Waals surface area contributed by atoms with Crippen molar-refractivity contribution < 1.29 is 0 Å². The number of rotatable bonds is 2. The lowest BCUT2D eigenvalue weighted by Crippen LogP contribution is -2.15. The van der Waals surface area contributed by atoms with Gasteiger partial charge in [0, 0.05) is 25.5 Å². The Morgan fingerprint density at radius 1 is 1.23 bits per heavy atom. The normalized spacial score (nSPS) is 17.1. The summed E-state index contributed by atoms with van der Waals surface area (Å²) in [6.07, 6.45) is 8.04. The lowest BCUT2D eigenvalue weighted by molar-refractivity contribution is 0.536. The molecule has 0 amide bonds. The zero-order valence-corrected chi connectivity index (χ0v) is 7.56. The van der Waals surface area contributed by atoms with Crippen molar-refractivity contribution in [3.05, 3.63) is 24.5 Å². The van der Waals surface area contributed by atoms with Crippen LogP contribution >= 0.6 is 0 Å². The molecule has 0 radical (unpaired) electrons. The summed E-state index contributed by atoms with van der Waals surface area (Å²) >= 11 is 0. The van der Waals surface area contributed by atoms with E-state index in [0.717, 1.165) is 18.8 Å². The summed E-state index contributed by atoms with van der Waals surface area (Å²) in [6, 6.07) is 3.82. The Labute approximate surface area is 78.1 Å². The molecule has 0 spiro atoms. The monoisotopic (exact) mass is 175 g/mol. The summed E-state index contributed by atoms with van der Waals surface area (Å²) in [5.74, 6) is 0. The van der Waals surface area contributed by atoms with Gasteiger partial charge in [0.1, 0.15) is 0 Å². The van der Waals surface area contributed by atoms with E-state index in [0.29, 0.717) is 0 Å². The van der Waals surface area contributed by atoms with Crippen LogP contribution in [0.1, 0.15) is 12.8 Å². The molecule has 13 heavy (non-hydrogen) atoms. The van der Waals surface area contributed by atoms with Crippen LogP contribution in [0.4, 0.5) is 5.69 Å². The highest BCUT2D eigenvalue weighted by molar-refractivity contribution is 5.61. The van der Waals surface area contributed by atoms with Gasteiger partial charge in [0.15, 0.2) is 0 Å². The molecular weight excluding hydrogens is 162 g/mol. The fourth-order valence-corrected chi connectivity index (χ4v) is 1.44.